The first-order valence-electron chi connectivity index (χ1n) is 5.82. The Bertz CT molecular complexity index is 524. The van der Waals surface area contributed by atoms with Gasteiger partial charge in [-0.15, -0.1) is 0 Å². The molecule has 0 aromatic heterocycles. The lowest BCUT2D eigenvalue weighted by Gasteiger charge is -2.11. The molecule has 0 atom stereocenters. The average molecular weight is 285 g/mol. The predicted octanol–water partition coefficient (Wildman–Crippen LogP) is -0.233. The highest BCUT2D eigenvalue weighted by Gasteiger charge is 2.12. The second-order valence-corrected chi connectivity index (χ2v) is 6.64. The zero-order valence-corrected chi connectivity index (χ0v) is 11.9. The van der Waals surface area contributed by atoms with Crippen LogP contribution in [0.5, 0.6) is 0 Å². The van der Waals surface area contributed by atoms with E-state index in [1.807, 2.05) is 0 Å². The molecule has 3 N–H and O–H groups in total. The Hall–Kier alpha value is -1.44. The molecule has 0 heterocycles. The Morgan fingerprint density at radius 1 is 1.26 bits per heavy atom. The number of nitrogens with two attached hydrogens (primary N) is 1. The third kappa shape index (κ3) is 4.98. The van der Waals surface area contributed by atoms with E-state index in [0.29, 0.717) is 18.7 Å². The van der Waals surface area contributed by atoms with Gasteiger partial charge in [0.2, 0.25) is 15.9 Å². The number of nitrogens with one attached hydrogen (secondary N) is 1. The van der Waals surface area contributed by atoms with Crippen LogP contribution in [0.4, 0.5) is 0 Å². The van der Waals surface area contributed by atoms with Crippen LogP contribution in [0.1, 0.15) is 15.9 Å². The Balaban J connectivity index is 2.40. The number of carbonyl (C=O) groups excluding carboxylic acids is 1. The maximum absolute atomic E-state index is 11.5. The topological polar surface area (TPSA) is 92.5 Å². The second-order valence-electron chi connectivity index (χ2n) is 4.34. The molecule has 0 aliphatic rings. The number of rotatable bonds is 7. The molecular weight excluding hydrogens is 266 g/mol. The van der Waals surface area contributed by atoms with Gasteiger partial charge >= 0.3 is 0 Å². The fourth-order valence-electron chi connectivity index (χ4n) is 1.40. The van der Waals surface area contributed by atoms with Crippen molar-refractivity contribution in [3.63, 3.8) is 0 Å². The van der Waals surface area contributed by atoms with E-state index in [0.717, 1.165) is 5.56 Å². The van der Waals surface area contributed by atoms with Crippen molar-refractivity contribution in [2.45, 2.75) is 6.54 Å². The summed E-state index contributed by atoms with van der Waals surface area (Å²) in [4.78, 5) is 10.9. The van der Waals surface area contributed by atoms with Gasteiger partial charge in [0.1, 0.15) is 0 Å². The molecule has 0 aliphatic carbocycles. The maximum atomic E-state index is 11.5. The summed E-state index contributed by atoms with van der Waals surface area (Å²) in [5.41, 5.74) is 6.56. The number of primary amides is 1. The van der Waals surface area contributed by atoms with Gasteiger partial charge in [0.05, 0.1) is 5.75 Å². The fourth-order valence-corrected chi connectivity index (χ4v) is 2.17. The quantitative estimate of drug-likeness (QED) is 0.677. The average Bonchev–Trinajstić information content (AvgIpc) is 2.35. The van der Waals surface area contributed by atoms with Gasteiger partial charge < -0.3 is 11.1 Å². The van der Waals surface area contributed by atoms with Crippen LogP contribution in [0.15, 0.2) is 24.3 Å². The number of sulfonamides is 1. The van der Waals surface area contributed by atoms with Crippen molar-refractivity contribution in [2.24, 2.45) is 5.73 Å². The van der Waals surface area contributed by atoms with E-state index in [1.54, 1.807) is 24.3 Å². The van der Waals surface area contributed by atoms with E-state index < -0.39 is 15.9 Å². The third-order valence-electron chi connectivity index (χ3n) is 2.66. The normalized spacial score (nSPS) is 11.7. The van der Waals surface area contributed by atoms with E-state index in [2.05, 4.69) is 5.32 Å². The lowest BCUT2D eigenvalue weighted by molar-refractivity contribution is 0.100. The Labute approximate surface area is 113 Å². The number of amides is 1. The molecule has 1 aromatic rings. The highest BCUT2D eigenvalue weighted by molar-refractivity contribution is 7.89. The van der Waals surface area contributed by atoms with Gasteiger partial charge in [-0.2, -0.15) is 0 Å². The monoisotopic (exact) mass is 285 g/mol. The minimum atomic E-state index is -3.16. The van der Waals surface area contributed by atoms with Crippen LogP contribution in [0.2, 0.25) is 0 Å². The van der Waals surface area contributed by atoms with Gasteiger partial charge in [0.25, 0.3) is 0 Å². The molecule has 0 spiro atoms. The standard InChI is InChI=1S/C12H19N3O3S/c1-15(2)19(17,18)8-7-14-9-10-3-5-11(6-4-10)12(13)16/h3-6,14H,7-9H2,1-2H3,(H2,13,16). The number of hydrogen-bond acceptors (Lipinski definition) is 4. The van der Waals surface area contributed by atoms with Crippen molar-refractivity contribution >= 4 is 15.9 Å². The number of benzene rings is 1. The van der Waals surface area contributed by atoms with E-state index in [4.69, 9.17) is 5.73 Å². The maximum Gasteiger partial charge on any atom is 0.248 e. The van der Waals surface area contributed by atoms with Crippen molar-refractivity contribution < 1.29 is 13.2 Å². The first-order chi connectivity index (χ1) is 8.83. The molecule has 1 aromatic carbocycles. The number of hydrogen-bond donors (Lipinski definition) is 2. The molecular formula is C12H19N3O3S. The Morgan fingerprint density at radius 2 is 1.84 bits per heavy atom. The second kappa shape index (κ2) is 6.65. The van der Waals surface area contributed by atoms with Gasteiger partial charge in [0, 0.05) is 32.7 Å². The first-order valence-corrected chi connectivity index (χ1v) is 7.43. The summed E-state index contributed by atoms with van der Waals surface area (Å²) in [6, 6.07) is 6.87. The summed E-state index contributed by atoms with van der Waals surface area (Å²) in [5.74, 6) is -0.407. The summed E-state index contributed by atoms with van der Waals surface area (Å²) < 4.78 is 24.2. The third-order valence-corrected chi connectivity index (χ3v) is 4.49. The van der Waals surface area contributed by atoms with Crippen LogP contribution < -0.4 is 11.1 Å². The van der Waals surface area contributed by atoms with E-state index in [1.165, 1.54) is 18.4 Å². The zero-order chi connectivity index (χ0) is 14.5. The highest BCUT2D eigenvalue weighted by Crippen LogP contribution is 2.03. The summed E-state index contributed by atoms with van der Waals surface area (Å²) in [6.07, 6.45) is 0. The molecule has 1 amide bonds. The molecule has 19 heavy (non-hydrogen) atoms. The van der Waals surface area contributed by atoms with Crippen LogP contribution in [0.3, 0.4) is 0 Å². The smallest absolute Gasteiger partial charge is 0.248 e. The minimum absolute atomic E-state index is 0.0549. The van der Waals surface area contributed by atoms with Crippen LogP contribution in [-0.4, -0.2) is 45.0 Å². The first kappa shape index (κ1) is 15.6. The summed E-state index contributed by atoms with van der Waals surface area (Å²) in [7, 11) is -0.137. The summed E-state index contributed by atoms with van der Waals surface area (Å²) in [5, 5.41) is 3.04. The Kier molecular flexibility index (Phi) is 5.46. The van der Waals surface area contributed by atoms with Crippen LogP contribution >= 0.6 is 0 Å². The summed E-state index contributed by atoms with van der Waals surface area (Å²) >= 11 is 0. The van der Waals surface area contributed by atoms with Gasteiger partial charge in [0.15, 0.2) is 0 Å². The fraction of sp³-hybridized carbons (Fsp3) is 0.417. The SMILES string of the molecule is CN(C)S(=O)(=O)CCNCc1ccc(C(N)=O)cc1. The van der Waals surface area contributed by atoms with Crippen molar-refractivity contribution in [1.82, 2.24) is 9.62 Å². The zero-order valence-electron chi connectivity index (χ0n) is 11.1. The van der Waals surface area contributed by atoms with Gasteiger partial charge in [-0.3, -0.25) is 4.79 Å². The van der Waals surface area contributed by atoms with Crippen molar-refractivity contribution in [3.05, 3.63) is 35.4 Å². The van der Waals surface area contributed by atoms with Crippen molar-refractivity contribution in [3.8, 4) is 0 Å². The predicted molar refractivity (Wildman–Crippen MR) is 74.1 cm³/mol. The van der Waals surface area contributed by atoms with E-state index in [9.17, 15) is 13.2 Å². The molecule has 0 bridgehead atoms. The largest absolute Gasteiger partial charge is 0.366 e. The molecule has 0 unspecified atom stereocenters. The molecule has 0 aliphatic heterocycles. The van der Waals surface area contributed by atoms with Crippen LogP contribution in [0, 0.1) is 0 Å². The van der Waals surface area contributed by atoms with Gasteiger partial charge in [-0.05, 0) is 17.7 Å². The molecule has 6 nitrogen and oxygen atoms in total. The highest BCUT2D eigenvalue weighted by atomic mass is 32.2. The number of nitrogens with zero attached hydrogens (tertiary/aromatic N) is 1. The van der Waals surface area contributed by atoms with Crippen LogP contribution in [0.25, 0.3) is 0 Å². The molecule has 0 radical (unpaired) electrons. The molecule has 1 rings (SSSR count). The van der Waals surface area contributed by atoms with E-state index in [-0.39, 0.29) is 5.75 Å². The molecule has 0 saturated carbocycles. The van der Waals surface area contributed by atoms with E-state index >= 15 is 0 Å². The Morgan fingerprint density at radius 3 is 2.32 bits per heavy atom. The summed E-state index contributed by atoms with van der Waals surface area (Å²) in [6.45, 7) is 0.917. The lowest BCUT2D eigenvalue weighted by Crippen LogP contribution is -2.31. The molecule has 0 saturated heterocycles. The molecule has 7 heteroatoms. The van der Waals surface area contributed by atoms with Crippen LogP contribution in [-0.2, 0) is 16.6 Å². The minimum Gasteiger partial charge on any atom is -0.366 e. The van der Waals surface area contributed by atoms with Gasteiger partial charge in [-0.25, -0.2) is 12.7 Å². The van der Waals surface area contributed by atoms with Gasteiger partial charge in [-0.1, -0.05) is 12.1 Å². The molecule has 0 fully saturated rings. The van der Waals surface area contributed by atoms with Crippen molar-refractivity contribution in [1.29, 1.82) is 0 Å². The number of carbonyl (C=O) groups is 1. The van der Waals surface area contributed by atoms with Crippen molar-refractivity contribution in [2.75, 3.05) is 26.4 Å². The molecule has 106 valence electrons. The lowest BCUT2D eigenvalue weighted by atomic mass is 10.1.